The minimum atomic E-state index is -1.63. The summed E-state index contributed by atoms with van der Waals surface area (Å²) in [7, 11) is -1.63. The van der Waals surface area contributed by atoms with E-state index in [0.717, 1.165) is 13.0 Å². The van der Waals surface area contributed by atoms with E-state index in [1.165, 1.54) is 0 Å². The Morgan fingerprint density at radius 2 is 1.39 bits per heavy atom. The summed E-state index contributed by atoms with van der Waals surface area (Å²) in [6.07, 6.45) is 0.912. The van der Waals surface area contributed by atoms with Gasteiger partial charge in [0.05, 0.1) is 33.0 Å². The molecule has 0 N–H and O–H groups in total. The van der Waals surface area contributed by atoms with Crippen molar-refractivity contribution >= 4 is 8.32 Å². The van der Waals surface area contributed by atoms with Crippen LogP contribution in [0.25, 0.3) is 10.4 Å². The number of hydrogen-bond donors (Lipinski definition) is 0. The molecule has 136 valence electrons. The first-order chi connectivity index (χ1) is 10.8. The fraction of sp³-hybridized carbons (Fsp3) is 1.00. The third-order valence-corrected chi connectivity index (χ3v) is 8.38. The molecule has 0 atom stereocenters. The van der Waals surface area contributed by atoms with Gasteiger partial charge < -0.3 is 18.6 Å². The zero-order valence-electron chi connectivity index (χ0n) is 15.3. The Kier molecular flexibility index (Phi) is 12.4. The molecule has 0 aromatic heterocycles. The molecule has 0 rings (SSSR count). The molecule has 0 aromatic rings. The molecular weight excluding hydrogens is 314 g/mol. The average Bonchev–Trinajstić information content (AvgIpc) is 2.46. The number of azide groups is 1. The first-order valence-electron chi connectivity index (χ1n) is 8.19. The third kappa shape index (κ3) is 12.5. The van der Waals surface area contributed by atoms with Gasteiger partial charge in [-0.1, -0.05) is 25.9 Å². The van der Waals surface area contributed by atoms with Crippen molar-refractivity contribution in [2.24, 2.45) is 5.11 Å². The van der Waals surface area contributed by atoms with E-state index in [4.69, 9.17) is 24.2 Å². The standard InChI is InChI=1S/C15H33N3O4Si/c1-15(2,3)23(4,5)22-9-6-8-19-11-13-21-14-12-20-10-7-17-18-16/h6-14H2,1-5H3. The van der Waals surface area contributed by atoms with Gasteiger partial charge in [-0.15, -0.1) is 0 Å². The Morgan fingerprint density at radius 1 is 0.870 bits per heavy atom. The van der Waals surface area contributed by atoms with Gasteiger partial charge in [-0.25, -0.2) is 0 Å². The molecule has 0 fully saturated rings. The quantitative estimate of drug-likeness (QED) is 0.157. The number of ether oxygens (including phenoxy) is 3. The molecule has 0 saturated carbocycles. The van der Waals surface area contributed by atoms with Crippen LogP contribution >= 0.6 is 0 Å². The van der Waals surface area contributed by atoms with Crippen LogP contribution < -0.4 is 0 Å². The van der Waals surface area contributed by atoms with E-state index in [1.54, 1.807) is 0 Å². The molecule has 0 unspecified atom stereocenters. The fourth-order valence-corrected chi connectivity index (χ4v) is 2.48. The van der Waals surface area contributed by atoms with Crippen molar-refractivity contribution in [3.05, 3.63) is 10.4 Å². The van der Waals surface area contributed by atoms with Crippen LogP contribution in [0.5, 0.6) is 0 Å². The van der Waals surface area contributed by atoms with E-state index >= 15 is 0 Å². The lowest BCUT2D eigenvalue weighted by molar-refractivity contribution is 0.0139. The van der Waals surface area contributed by atoms with Gasteiger partial charge in [-0.2, -0.15) is 0 Å². The van der Waals surface area contributed by atoms with Gasteiger partial charge in [0.2, 0.25) is 0 Å². The summed E-state index contributed by atoms with van der Waals surface area (Å²) in [6, 6.07) is 0. The maximum atomic E-state index is 8.08. The Hall–Kier alpha value is -0.633. The van der Waals surface area contributed by atoms with Crippen molar-refractivity contribution in [3.8, 4) is 0 Å². The van der Waals surface area contributed by atoms with E-state index in [9.17, 15) is 0 Å². The highest BCUT2D eigenvalue weighted by molar-refractivity contribution is 6.74. The summed E-state index contributed by atoms with van der Waals surface area (Å²) >= 11 is 0. The SMILES string of the molecule is CC(C)(C)[Si](C)(C)OCCCOCCOCCOCCN=[N+]=[N-]. The van der Waals surface area contributed by atoms with Gasteiger partial charge in [0.15, 0.2) is 8.32 Å². The number of hydrogen-bond acceptors (Lipinski definition) is 5. The van der Waals surface area contributed by atoms with Gasteiger partial charge in [0.25, 0.3) is 0 Å². The van der Waals surface area contributed by atoms with Crippen LogP contribution in [0.15, 0.2) is 5.11 Å². The van der Waals surface area contributed by atoms with E-state index in [0.29, 0.717) is 46.2 Å². The van der Waals surface area contributed by atoms with Crippen molar-refractivity contribution in [2.45, 2.75) is 45.3 Å². The molecule has 0 aromatic carbocycles. The summed E-state index contributed by atoms with van der Waals surface area (Å²) in [5, 5.41) is 3.62. The highest BCUT2D eigenvalue weighted by Gasteiger charge is 2.36. The van der Waals surface area contributed by atoms with Crippen LogP contribution in [0, 0.1) is 0 Å². The predicted octanol–water partition coefficient (Wildman–Crippen LogP) is 3.76. The largest absolute Gasteiger partial charge is 0.417 e. The molecule has 0 amide bonds. The Morgan fingerprint density at radius 3 is 1.91 bits per heavy atom. The lowest BCUT2D eigenvalue weighted by Crippen LogP contribution is -2.41. The van der Waals surface area contributed by atoms with Gasteiger partial charge in [-0.05, 0) is 30.1 Å². The van der Waals surface area contributed by atoms with Crippen LogP contribution in [0.4, 0.5) is 0 Å². The highest BCUT2D eigenvalue weighted by atomic mass is 28.4. The van der Waals surface area contributed by atoms with Gasteiger partial charge >= 0.3 is 0 Å². The second-order valence-electron chi connectivity index (χ2n) is 6.75. The Balaban J connectivity index is 3.30. The van der Waals surface area contributed by atoms with E-state index in [1.807, 2.05) is 0 Å². The zero-order chi connectivity index (χ0) is 17.6. The monoisotopic (exact) mass is 347 g/mol. The second kappa shape index (κ2) is 12.7. The van der Waals surface area contributed by atoms with Crippen LogP contribution in [-0.4, -0.2) is 61.1 Å². The maximum Gasteiger partial charge on any atom is 0.191 e. The summed E-state index contributed by atoms with van der Waals surface area (Å²) < 4.78 is 22.2. The molecule has 7 nitrogen and oxygen atoms in total. The maximum absolute atomic E-state index is 8.08. The molecule has 0 spiro atoms. The first-order valence-corrected chi connectivity index (χ1v) is 11.1. The number of nitrogens with zero attached hydrogens (tertiary/aromatic N) is 3. The molecule has 0 bridgehead atoms. The average molecular weight is 348 g/mol. The van der Waals surface area contributed by atoms with E-state index < -0.39 is 8.32 Å². The summed E-state index contributed by atoms with van der Waals surface area (Å²) in [4.78, 5) is 2.64. The topological polar surface area (TPSA) is 85.7 Å². The first kappa shape index (κ1) is 22.4. The zero-order valence-corrected chi connectivity index (χ0v) is 16.3. The van der Waals surface area contributed by atoms with Crippen molar-refractivity contribution < 1.29 is 18.6 Å². The molecular formula is C15H33N3O4Si. The predicted molar refractivity (Wildman–Crippen MR) is 94.2 cm³/mol. The van der Waals surface area contributed by atoms with Crippen LogP contribution in [0.2, 0.25) is 18.1 Å². The Labute approximate surface area is 141 Å². The van der Waals surface area contributed by atoms with Crippen molar-refractivity contribution in [2.75, 3.05) is 52.8 Å². The lowest BCUT2D eigenvalue weighted by atomic mass is 10.2. The molecule has 8 heteroatoms. The molecule has 0 aliphatic heterocycles. The second-order valence-corrected chi connectivity index (χ2v) is 11.6. The van der Waals surface area contributed by atoms with Crippen LogP contribution in [0.1, 0.15) is 27.2 Å². The number of rotatable bonds is 14. The van der Waals surface area contributed by atoms with Gasteiger partial charge in [-0.3, -0.25) is 0 Å². The summed E-state index contributed by atoms with van der Waals surface area (Å²) in [6.45, 7) is 15.7. The molecule has 0 saturated heterocycles. The highest BCUT2D eigenvalue weighted by Crippen LogP contribution is 2.36. The van der Waals surface area contributed by atoms with Crippen molar-refractivity contribution in [3.63, 3.8) is 0 Å². The van der Waals surface area contributed by atoms with E-state index in [2.05, 4.69) is 43.9 Å². The van der Waals surface area contributed by atoms with Crippen molar-refractivity contribution in [1.29, 1.82) is 0 Å². The molecule has 0 aliphatic carbocycles. The fourth-order valence-electron chi connectivity index (χ4n) is 1.40. The van der Waals surface area contributed by atoms with Crippen molar-refractivity contribution in [1.82, 2.24) is 0 Å². The van der Waals surface area contributed by atoms with Gasteiger partial charge in [0, 0.05) is 24.7 Å². The smallest absolute Gasteiger partial charge is 0.191 e. The van der Waals surface area contributed by atoms with E-state index in [-0.39, 0.29) is 5.04 Å². The molecule has 0 heterocycles. The summed E-state index contributed by atoms with van der Waals surface area (Å²) in [5.41, 5.74) is 8.08. The normalized spacial score (nSPS) is 12.2. The third-order valence-electron chi connectivity index (χ3n) is 3.84. The Bertz CT molecular complexity index is 342. The summed E-state index contributed by atoms with van der Waals surface area (Å²) in [5.74, 6) is 0. The minimum Gasteiger partial charge on any atom is -0.417 e. The molecule has 23 heavy (non-hydrogen) atoms. The van der Waals surface area contributed by atoms with Gasteiger partial charge in [0.1, 0.15) is 0 Å². The van der Waals surface area contributed by atoms with Crippen LogP contribution in [-0.2, 0) is 18.6 Å². The molecule has 0 aliphatic rings. The molecule has 0 radical (unpaired) electrons. The minimum absolute atomic E-state index is 0.255. The lowest BCUT2D eigenvalue weighted by Gasteiger charge is -2.36. The van der Waals surface area contributed by atoms with Crippen LogP contribution in [0.3, 0.4) is 0 Å².